The molecular formula is C32H38N4O7. The van der Waals surface area contributed by atoms with Gasteiger partial charge < -0.3 is 30.1 Å². The van der Waals surface area contributed by atoms with E-state index in [4.69, 9.17) is 9.47 Å². The van der Waals surface area contributed by atoms with Crippen LogP contribution >= 0.6 is 0 Å². The minimum Gasteiger partial charge on any atom is -0.479 e. The molecule has 0 spiro atoms. The van der Waals surface area contributed by atoms with E-state index in [1.165, 1.54) is 11.0 Å². The summed E-state index contributed by atoms with van der Waals surface area (Å²) in [6.07, 6.45) is 9.31. The van der Waals surface area contributed by atoms with Gasteiger partial charge in [-0.2, -0.15) is 0 Å². The monoisotopic (exact) mass is 590 g/mol. The highest BCUT2D eigenvalue weighted by atomic mass is 16.5. The maximum absolute atomic E-state index is 14.0. The number of carboxylic acids is 1. The van der Waals surface area contributed by atoms with Crippen LogP contribution in [0.1, 0.15) is 57.4 Å². The number of carboxylic acid groups (broad SMARTS) is 1. The first kappa shape index (κ1) is 30.1. The summed E-state index contributed by atoms with van der Waals surface area (Å²) in [6, 6.07) is 5.89. The van der Waals surface area contributed by atoms with Crippen molar-refractivity contribution in [3.05, 3.63) is 54.8 Å². The molecule has 11 heteroatoms. The van der Waals surface area contributed by atoms with Crippen molar-refractivity contribution >= 4 is 40.7 Å². The minimum atomic E-state index is -1.45. The Balaban J connectivity index is 1.49. The standard InChI is InChI=1S/C32H38N4O7/c1-3-5-10-25-29(38)36-19-23(17-26(36)27(37)35-32(30(39)40)18-22(32)4-2)43-28-24-16-20(11-12-21(24)13-14-33-28)9-7-6-8-15-42-31(41)34-25/h4,7,9,11-14,16,22-23,25-26H,2-3,5-6,8,10,15,17-19H2,1H3,(H,34,41)(H,35,37)(H,39,40)/b9-7-/t22-,23-,25+,26+,32-/m1/s1. The fourth-order valence-electron chi connectivity index (χ4n) is 5.84. The van der Waals surface area contributed by atoms with E-state index in [-0.39, 0.29) is 26.0 Å². The van der Waals surface area contributed by atoms with Crippen LogP contribution in [0, 0.1) is 5.92 Å². The number of pyridine rings is 1. The first-order valence-electron chi connectivity index (χ1n) is 14.9. The molecule has 4 bridgehead atoms. The summed E-state index contributed by atoms with van der Waals surface area (Å²) in [6.45, 7) is 5.90. The van der Waals surface area contributed by atoms with E-state index < -0.39 is 53.5 Å². The van der Waals surface area contributed by atoms with Crippen molar-refractivity contribution in [2.24, 2.45) is 5.92 Å². The Labute approximate surface area is 250 Å². The average molecular weight is 591 g/mol. The average Bonchev–Trinajstić information content (AvgIpc) is 3.56. The van der Waals surface area contributed by atoms with Gasteiger partial charge in [0, 0.05) is 23.9 Å². The number of carbonyl (C=O) groups excluding carboxylic acids is 3. The minimum absolute atomic E-state index is 0.0545. The molecular weight excluding hydrogens is 552 g/mol. The maximum atomic E-state index is 14.0. The number of carbonyl (C=O) groups is 4. The lowest BCUT2D eigenvalue weighted by Gasteiger charge is -2.29. The lowest BCUT2D eigenvalue weighted by atomic mass is 10.1. The van der Waals surface area contributed by atoms with Crippen molar-refractivity contribution in [2.75, 3.05) is 13.2 Å². The van der Waals surface area contributed by atoms with Gasteiger partial charge in [-0.3, -0.25) is 9.59 Å². The van der Waals surface area contributed by atoms with E-state index >= 15 is 0 Å². The number of benzene rings is 1. The number of allylic oxidation sites excluding steroid dienone is 1. The summed E-state index contributed by atoms with van der Waals surface area (Å²) in [5.41, 5.74) is -0.506. The van der Waals surface area contributed by atoms with Crippen LogP contribution in [0.25, 0.3) is 16.8 Å². The third-order valence-corrected chi connectivity index (χ3v) is 8.40. The van der Waals surface area contributed by atoms with Crippen LogP contribution in [0.4, 0.5) is 4.79 Å². The molecule has 2 fully saturated rings. The number of alkyl carbamates (subject to hydrolysis) is 1. The molecule has 1 aromatic carbocycles. The Kier molecular flexibility index (Phi) is 8.98. The van der Waals surface area contributed by atoms with E-state index in [1.807, 2.05) is 43.3 Å². The fourth-order valence-corrected chi connectivity index (χ4v) is 5.84. The van der Waals surface area contributed by atoms with E-state index in [1.54, 1.807) is 6.20 Å². The molecule has 3 N–H and O–H groups in total. The Bertz CT molecular complexity index is 1440. The van der Waals surface area contributed by atoms with Gasteiger partial charge >= 0.3 is 12.1 Å². The Morgan fingerprint density at radius 3 is 2.88 bits per heavy atom. The van der Waals surface area contributed by atoms with E-state index in [0.29, 0.717) is 31.6 Å². The van der Waals surface area contributed by atoms with Gasteiger partial charge in [-0.25, -0.2) is 14.6 Å². The molecule has 43 heavy (non-hydrogen) atoms. The number of cyclic esters (lactones) is 1. The number of aliphatic carboxylic acids is 1. The highest BCUT2D eigenvalue weighted by Crippen LogP contribution is 2.45. The second kappa shape index (κ2) is 12.8. The van der Waals surface area contributed by atoms with Gasteiger partial charge in [0.25, 0.3) is 0 Å². The zero-order valence-electron chi connectivity index (χ0n) is 24.3. The van der Waals surface area contributed by atoms with Gasteiger partial charge in [-0.1, -0.05) is 50.1 Å². The Morgan fingerprint density at radius 1 is 1.30 bits per heavy atom. The van der Waals surface area contributed by atoms with E-state index in [9.17, 15) is 24.3 Å². The van der Waals surface area contributed by atoms with Crippen molar-refractivity contribution in [3.63, 3.8) is 0 Å². The predicted molar refractivity (Wildman–Crippen MR) is 159 cm³/mol. The van der Waals surface area contributed by atoms with Crippen molar-refractivity contribution in [2.45, 2.75) is 75.6 Å². The Hall–Kier alpha value is -4.41. The lowest BCUT2D eigenvalue weighted by molar-refractivity contribution is -0.145. The number of nitrogens with one attached hydrogen (secondary N) is 2. The largest absolute Gasteiger partial charge is 0.479 e. The van der Waals surface area contributed by atoms with Crippen LogP contribution in [-0.2, 0) is 19.1 Å². The van der Waals surface area contributed by atoms with Gasteiger partial charge in [0.1, 0.15) is 23.7 Å². The van der Waals surface area contributed by atoms with Crippen LogP contribution in [0.2, 0.25) is 0 Å². The number of rotatable bonds is 7. The number of hydrogen-bond donors (Lipinski definition) is 3. The summed E-state index contributed by atoms with van der Waals surface area (Å²) >= 11 is 0. The number of nitrogens with zero attached hydrogens (tertiary/aromatic N) is 2. The zero-order chi connectivity index (χ0) is 30.6. The molecule has 2 aromatic rings. The molecule has 5 atom stereocenters. The van der Waals surface area contributed by atoms with Crippen LogP contribution in [-0.4, -0.2) is 75.7 Å². The molecule has 0 radical (unpaired) electrons. The molecule has 1 saturated heterocycles. The van der Waals surface area contributed by atoms with Crippen LogP contribution in [0.15, 0.2) is 49.2 Å². The lowest BCUT2D eigenvalue weighted by Crippen LogP contribution is -2.56. The molecule has 228 valence electrons. The molecule has 1 aliphatic carbocycles. The van der Waals surface area contributed by atoms with Crippen LogP contribution in [0.5, 0.6) is 5.88 Å². The topological polar surface area (TPSA) is 147 Å². The highest BCUT2D eigenvalue weighted by molar-refractivity contribution is 5.96. The van der Waals surface area contributed by atoms with Crippen molar-refractivity contribution in [1.29, 1.82) is 0 Å². The van der Waals surface area contributed by atoms with Gasteiger partial charge in [0.05, 0.1) is 13.2 Å². The Morgan fingerprint density at radius 2 is 2.14 bits per heavy atom. The SMILES string of the molecule is C=C[C@@H]1C[C@]1(NC(=O)[C@@H]1C[C@@H]2CN1C(=O)[C@H](CCCC)NC(=O)OCCC/C=C\c1ccc3ccnc(c3c1)O2)C(=O)O. The molecule has 3 amide bonds. The van der Waals surface area contributed by atoms with E-state index in [0.717, 1.165) is 22.8 Å². The molecule has 3 heterocycles. The van der Waals surface area contributed by atoms with Crippen LogP contribution < -0.4 is 15.4 Å². The first-order valence-corrected chi connectivity index (χ1v) is 14.9. The number of unbranched alkanes of at least 4 members (excludes halogenated alkanes) is 1. The fraction of sp³-hybridized carbons (Fsp3) is 0.469. The molecule has 2 aliphatic heterocycles. The second-order valence-electron chi connectivity index (χ2n) is 11.4. The summed E-state index contributed by atoms with van der Waals surface area (Å²) in [5, 5.41) is 17.0. The molecule has 1 aromatic heterocycles. The molecule has 3 aliphatic rings. The smallest absolute Gasteiger partial charge is 0.407 e. The quantitative estimate of drug-likeness (QED) is 0.413. The van der Waals surface area contributed by atoms with Crippen molar-refractivity contribution < 1.29 is 33.8 Å². The first-order chi connectivity index (χ1) is 20.8. The molecule has 0 unspecified atom stereocenters. The summed E-state index contributed by atoms with van der Waals surface area (Å²) < 4.78 is 11.7. The number of amides is 3. The number of hydrogen-bond acceptors (Lipinski definition) is 7. The maximum Gasteiger partial charge on any atom is 0.407 e. The van der Waals surface area contributed by atoms with Gasteiger partial charge in [0.15, 0.2) is 0 Å². The summed E-state index contributed by atoms with van der Waals surface area (Å²) in [5.74, 6) is -2.22. The van der Waals surface area contributed by atoms with Gasteiger partial charge in [-0.15, -0.1) is 6.58 Å². The third kappa shape index (κ3) is 6.50. The molecule has 1 saturated carbocycles. The van der Waals surface area contributed by atoms with Gasteiger partial charge in [0.2, 0.25) is 17.7 Å². The summed E-state index contributed by atoms with van der Waals surface area (Å²) in [4.78, 5) is 58.3. The molecule has 5 rings (SSSR count). The highest BCUT2D eigenvalue weighted by Gasteiger charge is 2.61. The van der Waals surface area contributed by atoms with Crippen LogP contribution in [0.3, 0.4) is 0 Å². The second-order valence-corrected chi connectivity index (χ2v) is 11.4. The van der Waals surface area contributed by atoms with E-state index in [2.05, 4.69) is 22.2 Å². The third-order valence-electron chi connectivity index (χ3n) is 8.40. The zero-order valence-corrected chi connectivity index (χ0v) is 24.3. The number of ether oxygens (including phenoxy) is 2. The van der Waals surface area contributed by atoms with Crippen molar-refractivity contribution in [3.8, 4) is 5.88 Å². The normalized spacial score (nSPS) is 28.2. The molecule has 11 nitrogen and oxygen atoms in total. The summed E-state index contributed by atoms with van der Waals surface area (Å²) in [7, 11) is 0. The predicted octanol–water partition coefficient (Wildman–Crippen LogP) is 3.82. The van der Waals surface area contributed by atoms with Gasteiger partial charge in [-0.05, 0) is 48.8 Å². The van der Waals surface area contributed by atoms with Crippen molar-refractivity contribution in [1.82, 2.24) is 20.5 Å². The number of aromatic nitrogens is 1. The number of fused-ring (bicyclic) bond motifs is 3.